The molecule has 0 bridgehead atoms. The number of anilines is 3. The molecule has 0 heterocycles. The van der Waals surface area contributed by atoms with Crippen molar-refractivity contribution < 1.29 is 19.1 Å². The number of benzene rings is 2. The van der Waals surface area contributed by atoms with Gasteiger partial charge in [-0.3, -0.25) is 9.59 Å². The summed E-state index contributed by atoms with van der Waals surface area (Å²) in [4.78, 5) is 23.8. The Balaban J connectivity index is 2.16. The van der Waals surface area contributed by atoms with Crippen LogP contribution in [0.15, 0.2) is 36.4 Å². The van der Waals surface area contributed by atoms with E-state index in [9.17, 15) is 9.59 Å². The molecule has 2 rings (SSSR count). The summed E-state index contributed by atoms with van der Waals surface area (Å²) >= 11 is 5.99. The van der Waals surface area contributed by atoms with Gasteiger partial charge in [-0.1, -0.05) is 11.6 Å². The predicted molar refractivity (Wildman–Crippen MR) is 107 cm³/mol. The van der Waals surface area contributed by atoms with Gasteiger partial charge in [0.25, 0.3) is 0 Å². The second kappa shape index (κ2) is 9.14. The van der Waals surface area contributed by atoms with Crippen LogP contribution in [0.1, 0.15) is 13.8 Å². The number of amides is 2. The lowest BCUT2D eigenvalue weighted by Gasteiger charge is -2.19. The Morgan fingerprint density at radius 3 is 2.22 bits per heavy atom. The molecule has 144 valence electrons. The second-order valence-corrected chi connectivity index (χ2v) is 6.23. The van der Waals surface area contributed by atoms with Crippen LogP contribution in [0.4, 0.5) is 17.1 Å². The highest BCUT2D eigenvalue weighted by Gasteiger charge is 2.17. The lowest BCUT2D eigenvalue weighted by Crippen LogP contribution is -2.32. The van der Waals surface area contributed by atoms with Gasteiger partial charge in [-0.15, -0.1) is 0 Å². The zero-order chi connectivity index (χ0) is 20.0. The van der Waals surface area contributed by atoms with E-state index < -0.39 is 6.04 Å². The highest BCUT2D eigenvalue weighted by Crippen LogP contribution is 2.30. The fraction of sp³-hybridized carbons (Fsp3) is 0.263. The minimum Gasteiger partial charge on any atom is -0.495 e. The zero-order valence-electron chi connectivity index (χ0n) is 15.6. The smallest absolute Gasteiger partial charge is 0.246 e. The van der Waals surface area contributed by atoms with Crippen molar-refractivity contribution in [1.29, 1.82) is 0 Å². The molecular weight excluding hydrogens is 370 g/mol. The van der Waals surface area contributed by atoms with Gasteiger partial charge in [0.1, 0.15) is 17.5 Å². The largest absolute Gasteiger partial charge is 0.495 e. The SMILES string of the molecule is COc1ccc(Cl)cc1NC(=O)[C@H](C)Nc1cc(NC(C)=O)ccc1OC. The van der Waals surface area contributed by atoms with E-state index >= 15 is 0 Å². The van der Waals surface area contributed by atoms with E-state index in [-0.39, 0.29) is 11.8 Å². The fourth-order valence-corrected chi connectivity index (χ4v) is 2.59. The summed E-state index contributed by atoms with van der Waals surface area (Å²) < 4.78 is 10.5. The quantitative estimate of drug-likeness (QED) is 0.668. The summed E-state index contributed by atoms with van der Waals surface area (Å²) in [5.41, 5.74) is 1.64. The van der Waals surface area contributed by atoms with Crippen molar-refractivity contribution in [2.45, 2.75) is 19.9 Å². The summed E-state index contributed by atoms with van der Waals surface area (Å²) in [7, 11) is 3.04. The third kappa shape index (κ3) is 5.52. The molecule has 2 aromatic rings. The lowest BCUT2D eigenvalue weighted by atomic mass is 10.2. The molecule has 2 aromatic carbocycles. The van der Waals surface area contributed by atoms with E-state index in [4.69, 9.17) is 21.1 Å². The number of halogens is 1. The molecule has 0 radical (unpaired) electrons. The van der Waals surface area contributed by atoms with Crippen LogP contribution < -0.4 is 25.4 Å². The maximum Gasteiger partial charge on any atom is 0.246 e. The van der Waals surface area contributed by atoms with Gasteiger partial charge in [-0.05, 0) is 43.3 Å². The average Bonchev–Trinajstić information content (AvgIpc) is 2.61. The number of carbonyl (C=O) groups excluding carboxylic acids is 2. The molecule has 7 nitrogen and oxygen atoms in total. The van der Waals surface area contributed by atoms with Crippen LogP contribution in [-0.2, 0) is 9.59 Å². The average molecular weight is 392 g/mol. The Morgan fingerprint density at radius 2 is 1.59 bits per heavy atom. The summed E-state index contributed by atoms with van der Waals surface area (Å²) in [6.07, 6.45) is 0. The topological polar surface area (TPSA) is 88.7 Å². The number of hydrogen-bond acceptors (Lipinski definition) is 5. The number of rotatable bonds is 7. The summed E-state index contributed by atoms with van der Waals surface area (Å²) in [6.45, 7) is 3.13. The van der Waals surface area contributed by atoms with E-state index in [1.165, 1.54) is 21.1 Å². The number of methoxy groups -OCH3 is 2. The maximum atomic E-state index is 12.6. The van der Waals surface area contributed by atoms with Gasteiger partial charge >= 0.3 is 0 Å². The van der Waals surface area contributed by atoms with Gasteiger partial charge in [0.2, 0.25) is 11.8 Å². The molecule has 27 heavy (non-hydrogen) atoms. The van der Waals surface area contributed by atoms with Gasteiger partial charge < -0.3 is 25.4 Å². The van der Waals surface area contributed by atoms with E-state index in [0.717, 1.165) is 0 Å². The molecule has 0 aliphatic heterocycles. The van der Waals surface area contributed by atoms with Crippen molar-refractivity contribution in [3.05, 3.63) is 41.4 Å². The first-order valence-corrected chi connectivity index (χ1v) is 8.58. The third-order valence-electron chi connectivity index (χ3n) is 3.70. The highest BCUT2D eigenvalue weighted by atomic mass is 35.5. The first kappa shape index (κ1) is 20.4. The standard InChI is InChI=1S/C19H22ClN3O4/c1-11(19(25)23-15-9-13(20)5-7-17(15)26-3)21-16-10-14(22-12(2)24)6-8-18(16)27-4/h5-11,21H,1-4H3,(H,22,24)(H,23,25)/t11-/m0/s1. The van der Waals surface area contributed by atoms with Crippen LogP contribution >= 0.6 is 11.6 Å². The Morgan fingerprint density at radius 1 is 0.963 bits per heavy atom. The van der Waals surface area contributed by atoms with Crippen LogP contribution in [0.5, 0.6) is 11.5 Å². The summed E-state index contributed by atoms with van der Waals surface area (Å²) in [5.74, 6) is 0.571. The molecule has 0 aliphatic carbocycles. The molecule has 8 heteroatoms. The van der Waals surface area contributed by atoms with Crippen molar-refractivity contribution in [3.8, 4) is 11.5 Å². The Labute approximate surface area is 163 Å². The lowest BCUT2D eigenvalue weighted by molar-refractivity contribution is -0.116. The molecule has 0 unspecified atom stereocenters. The van der Waals surface area contributed by atoms with Crippen LogP contribution in [0.2, 0.25) is 5.02 Å². The fourth-order valence-electron chi connectivity index (χ4n) is 2.42. The molecule has 0 saturated carbocycles. The Kier molecular flexibility index (Phi) is 6.90. The van der Waals surface area contributed by atoms with E-state index in [1.54, 1.807) is 43.3 Å². The number of carbonyl (C=O) groups is 2. The second-order valence-electron chi connectivity index (χ2n) is 5.80. The van der Waals surface area contributed by atoms with Gasteiger partial charge in [0.05, 0.1) is 25.6 Å². The first-order chi connectivity index (χ1) is 12.8. The van der Waals surface area contributed by atoms with E-state index in [2.05, 4.69) is 16.0 Å². The molecule has 3 N–H and O–H groups in total. The third-order valence-corrected chi connectivity index (χ3v) is 3.94. The zero-order valence-corrected chi connectivity index (χ0v) is 16.3. The van der Waals surface area contributed by atoms with E-state index in [1.807, 2.05) is 0 Å². The van der Waals surface area contributed by atoms with Gasteiger partial charge in [-0.2, -0.15) is 0 Å². The monoisotopic (exact) mass is 391 g/mol. The minimum absolute atomic E-state index is 0.190. The van der Waals surface area contributed by atoms with Gasteiger partial charge in [-0.25, -0.2) is 0 Å². The van der Waals surface area contributed by atoms with Gasteiger partial charge in [0.15, 0.2) is 0 Å². The molecule has 0 spiro atoms. The summed E-state index contributed by atoms with van der Waals surface area (Å²) in [6, 6.07) is 9.49. The van der Waals surface area contributed by atoms with Crippen molar-refractivity contribution in [2.24, 2.45) is 0 Å². The first-order valence-electron chi connectivity index (χ1n) is 8.20. The van der Waals surface area contributed by atoms with Crippen molar-refractivity contribution in [1.82, 2.24) is 0 Å². The van der Waals surface area contributed by atoms with Crippen LogP contribution in [0.3, 0.4) is 0 Å². The number of hydrogen-bond donors (Lipinski definition) is 3. The van der Waals surface area contributed by atoms with Gasteiger partial charge in [0, 0.05) is 17.6 Å². The van der Waals surface area contributed by atoms with Crippen molar-refractivity contribution >= 4 is 40.5 Å². The minimum atomic E-state index is -0.602. The molecule has 0 saturated heterocycles. The van der Waals surface area contributed by atoms with Crippen LogP contribution in [-0.4, -0.2) is 32.1 Å². The molecule has 0 fully saturated rings. The Hall–Kier alpha value is -2.93. The van der Waals surface area contributed by atoms with Crippen LogP contribution in [0, 0.1) is 0 Å². The number of nitrogens with one attached hydrogen (secondary N) is 3. The normalized spacial score (nSPS) is 11.3. The van der Waals surface area contributed by atoms with Crippen molar-refractivity contribution in [2.75, 3.05) is 30.2 Å². The molecule has 1 atom stereocenters. The molecular formula is C19H22ClN3O4. The van der Waals surface area contributed by atoms with Crippen LogP contribution in [0.25, 0.3) is 0 Å². The highest BCUT2D eigenvalue weighted by molar-refractivity contribution is 6.31. The molecule has 0 aliphatic rings. The van der Waals surface area contributed by atoms with E-state index in [0.29, 0.717) is 33.6 Å². The van der Waals surface area contributed by atoms with Crippen molar-refractivity contribution in [3.63, 3.8) is 0 Å². The number of ether oxygens (including phenoxy) is 2. The molecule has 2 amide bonds. The summed E-state index contributed by atoms with van der Waals surface area (Å²) in [5, 5.41) is 9.05. The predicted octanol–water partition coefficient (Wildman–Crippen LogP) is 3.75. The Bertz CT molecular complexity index is 842. The maximum absolute atomic E-state index is 12.6. The molecule has 0 aromatic heterocycles.